The van der Waals surface area contributed by atoms with Crippen LogP contribution in [0.5, 0.6) is 11.5 Å². The van der Waals surface area contributed by atoms with E-state index >= 15 is 0 Å². The summed E-state index contributed by atoms with van der Waals surface area (Å²) in [6.07, 6.45) is -3.75. The second-order valence-corrected chi connectivity index (χ2v) is 8.47. The quantitative estimate of drug-likeness (QED) is 0.282. The van der Waals surface area contributed by atoms with Gasteiger partial charge in [0.05, 0.1) is 30.0 Å². The third-order valence-corrected chi connectivity index (χ3v) is 6.08. The lowest BCUT2D eigenvalue weighted by atomic mass is 10.0. The summed E-state index contributed by atoms with van der Waals surface area (Å²) in [4.78, 5) is 4.56. The molecule has 0 unspecified atom stereocenters. The van der Waals surface area contributed by atoms with E-state index < -0.39 is 11.7 Å². The molecular formula is C26H22F3NO2S. The number of thiazole rings is 1. The fourth-order valence-corrected chi connectivity index (χ4v) is 4.18. The number of rotatable bonds is 7. The molecule has 3 nitrogen and oxygen atoms in total. The molecule has 0 spiro atoms. The van der Waals surface area contributed by atoms with Gasteiger partial charge in [0.2, 0.25) is 0 Å². The number of benzene rings is 3. The van der Waals surface area contributed by atoms with Gasteiger partial charge >= 0.3 is 6.18 Å². The molecule has 4 rings (SSSR count). The van der Waals surface area contributed by atoms with E-state index in [2.05, 4.69) is 4.98 Å². The first-order valence-electron chi connectivity index (χ1n) is 10.3. The van der Waals surface area contributed by atoms with Gasteiger partial charge in [-0.1, -0.05) is 36.4 Å². The molecule has 170 valence electrons. The maximum absolute atomic E-state index is 12.8. The van der Waals surface area contributed by atoms with Crippen LogP contribution in [0.4, 0.5) is 13.2 Å². The van der Waals surface area contributed by atoms with Crippen LogP contribution in [0.25, 0.3) is 22.4 Å². The molecule has 0 fully saturated rings. The Morgan fingerprint density at radius 1 is 0.909 bits per heavy atom. The molecule has 1 heterocycles. The van der Waals surface area contributed by atoms with Crippen LogP contribution in [-0.4, -0.2) is 18.7 Å². The minimum Gasteiger partial charge on any atom is -0.497 e. The van der Waals surface area contributed by atoms with Gasteiger partial charge in [-0.15, -0.1) is 11.3 Å². The smallest absolute Gasteiger partial charge is 0.416 e. The summed E-state index contributed by atoms with van der Waals surface area (Å²) in [5.74, 6) is 1.58. The highest BCUT2D eigenvalue weighted by Crippen LogP contribution is 2.33. The lowest BCUT2D eigenvalue weighted by Gasteiger charge is -2.13. The summed E-state index contributed by atoms with van der Waals surface area (Å²) in [7, 11) is 1.64. The van der Waals surface area contributed by atoms with Crippen molar-refractivity contribution in [3.8, 4) is 33.9 Å². The fourth-order valence-electron chi connectivity index (χ4n) is 3.39. The monoisotopic (exact) mass is 469 g/mol. The van der Waals surface area contributed by atoms with Gasteiger partial charge in [0.15, 0.2) is 0 Å². The number of halogens is 3. The molecule has 3 aromatic carbocycles. The van der Waals surface area contributed by atoms with E-state index in [0.717, 1.165) is 45.3 Å². The van der Waals surface area contributed by atoms with Crippen LogP contribution in [0.15, 0.2) is 72.1 Å². The average molecular weight is 470 g/mol. The fraction of sp³-hybridized carbons (Fsp3) is 0.192. The lowest BCUT2D eigenvalue weighted by molar-refractivity contribution is -0.137. The number of aryl methyl sites for hydroxylation is 1. The lowest BCUT2D eigenvalue weighted by Crippen LogP contribution is -2.04. The third-order valence-electron chi connectivity index (χ3n) is 5.17. The number of aromatic nitrogens is 1. The van der Waals surface area contributed by atoms with Gasteiger partial charge in [-0.3, -0.25) is 0 Å². The van der Waals surface area contributed by atoms with Crippen LogP contribution in [0.1, 0.15) is 16.1 Å². The summed E-state index contributed by atoms with van der Waals surface area (Å²) in [6, 6.07) is 19.0. The minimum absolute atomic E-state index is 0.437. The Morgan fingerprint density at radius 3 is 2.27 bits per heavy atom. The Morgan fingerprint density at radius 2 is 1.61 bits per heavy atom. The molecule has 7 heteroatoms. The van der Waals surface area contributed by atoms with Gasteiger partial charge < -0.3 is 9.47 Å². The molecule has 33 heavy (non-hydrogen) atoms. The molecule has 0 aliphatic heterocycles. The summed E-state index contributed by atoms with van der Waals surface area (Å²) in [6.45, 7) is 2.45. The van der Waals surface area contributed by atoms with Crippen molar-refractivity contribution in [3.05, 3.63) is 88.2 Å². The molecule has 0 aliphatic carbocycles. The Labute approximate surface area is 194 Å². The Balaban J connectivity index is 1.43. The number of alkyl halides is 3. The topological polar surface area (TPSA) is 31.4 Å². The number of hydrogen-bond acceptors (Lipinski definition) is 4. The zero-order valence-corrected chi connectivity index (χ0v) is 19.0. The van der Waals surface area contributed by atoms with Crippen LogP contribution < -0.4 is 9.47 Å². The molecule has 0 aliphatic rings. The minimum atomic E-state index is -4.34. The van der Waals surface area contributed by atoms with E-state index in [-0.39, 0.29) is 0 Å². The van der Waals surface area contributed by atoms with Crippen LogP contribution in [-0.2, 0) is 12.6 Å². The summed E-state index contributed by atoms with van der Waals surface area (Å²) < 4.78 is 49.7. The van der Waals surface area contributed by atoms with Crippen molar-refractivity contribution in [2.24, 2.45) is 0 Å². The normalized spacial score (nSPS) is 11.4. The number of methoxy groups -OCH3 is 1. The first kappa shape index (κ1) is 22.9. The molecular weight excluding hydrogens is 447 g/mol. The summed E-state index contributed by atoms with van der Waals surface area (Å²) >= 11 is 1.47. The second kappa shape index (κ2) is 9.67. The number of nitrogens with zero attached hydrogens (tertiary/aromatic N) is 1. The van der Waals surface area contributed by atoms with Crippen LogP contribution >= 0.6 is 11.3 Å². The highest BCUT2D eigenvalue weighted by atomic mass is 32.1. The van der Waals surface area contributed by atoms with Crippen LogP contribution in [0.3, 0.4) is 0 Å². The first-order valence-corrected chi connectivity index (χ1v) is 11.2. The number of ether oxygens (including phenoxy) is 2. The van der Waals surface area contributed by atoms with Crippen molar-refractivity contribution in [2.45, 2.75) is 19.5 Å². The molecule has 0 N–H and O–H groups in total. The van der Waals surface area contributed by atoms with Crippen molar-refractivity contribution < 1.29 is 22.6 Å². The molecule has 0 saturated carbocycles. The highest BCUT2D eigenvalue weighted by molar-refractivity contribution is 7.09. The van der Waals surface area contributed by atoms with Crippen molar-refractivity contribution in [1.82, 2.24) is 4.98 Å². The molecule has 0 atom stereocenters. The van der Waals surface area contributed by atoms with E-state index in [1.54, 1.807) is 7.11 Å². The standard InChI is InChI=1S/C26H22F3NO2S/c1-17-3-12-22(18-6-10-21(31-2)11-7-18)24(15-17)32-14-13-25-30-23(16-33-25)19-4-8-20(9-5-19)26(27,28)29/h3-12,15-16H,13-14H2,1-2H3. The van der Waals surface area contributed by atoms with Crippen molar-refractivity contribution >= 4 is 11.3 Å². The van der Waals surface area contributed by atoms with Gasteiger partial charge in [-0.2, -0.15) is 13.2 Å². The first-order chi connectivity index (χ1) is 15.8. The maximum Gasteiger partial charge on any atom is 0.416 e. The van der Waals surface area contributed by atoms with Gasteiger partial charge in [-0.25, -0.2) is 4.98 Å². The molecule has 1 aromatic heterocycles. The van der Waals surface area contributed by atoms with E-state index in [0.29, 0.717) is 24.3 Å². The van der Waals surface area contributed by atoms with Gasteiger partial charge in [0.25, 0.3) is 0 Å². The van der Waals surface area contributed by atoms with Crippen LogP contribution in [0.2, 0.25) is 0 Å². The highest BCUT2D eigenvalue weighted by Gasteiger charge is 2.30. The Hall–Kier alpha value is -3.32. The van der Waals surface area contributed by atoms with E-state index in [1.165, 1.54) is 23.5 Å². The SMILES string of the molecule is COc1ccc(-c2ccc(C)cc2OCCc2nc(-c3ccc(C(F)(F)F)cc3)cs2)cc1. The molecule has 0 saturated heterocycles. The van der Waals surface area contributed by atoms with Gasteiger partial charge in [0, 0.05) is 22.9 Å². The third kappa shape index (κ3) is 5.54. The zero-order chi connectivity index (χ0) is 23.4. The van der Waals surface area contributed by atoms with E-state index in [9.17, 15) is 13.2 Å². The van der Waals surface area contributed by atoms with Crippen molar-refractivity contribution in [2.75, 3.05) is 13.7 Å². The largest absolute Gasteiger partial charge is 0.497 e. The predicted octanol–water partition coefficient (Wildman–Crippen LogP) is 7.43. The van der Waals surface area contributed by atoms with E-state index in [1.807, 2.05) is 54.8 Å². The molecule has 0 bridgehead atoms. The van der Waals surface area contributed by atoms with Crippen LogP contribution in [0, 0.1) is 6.92 Å². The van der Waals surface area contributed by atoms with E-state index in [4.69, 9.17) is 9.47 Å². The second-order valence-electron chi connectivity index (χ2n) is 7.53. The summed E-state index contributed by atoms with van der Waals surface area (Å²) in [5, 5.41) is 2.72. The van der Waals surface area contributed by atoms with Crippen molar-refractivity contribution in [1.29, 1.82) is 0 Å². The molecule has 0 radical (unpaired) electrons. The number of hydrogen-bond donors (Lipinski definition) is 0. The average Bonchev–Trinajstić information content (AvgIpc) is 3.28. The predicted molar refractivity (Wildman–Crippen MR) is 125 cm³/mol. The Kier molecular flexibility index (Phi) is 6.70. The maximum atomic E-state index is 12.8. The molecule has 4 aromatic rings. The zero-order valence-electron chi connectivity index (χ0n) is 18.1. The summed E-state index contributed by atoms with van der Waals surface area (Å²) in [5.41, 5.74) is 3.78. The van der Waals surface area contributed by atoms with Gasteiger partial charge in [-0.05, 0) is 48.4 Å². The van der Waals surface area contributed by atoms with Gasteiger partial charge in [0.1, 0.15) is 11.5 Å². The molecule has 0 amide bonds. The Bertz CT molecular complexity index is 1220. The van der Waals surface area contributed by atoms with Crippen molar-refractivity contribution in [3.63, 3.8) is 0 Å².